The van der Waals surface area contributed by atoms with Crippen LogP contribution in [0.3, 0.4) is 0 Å². The predicted octanol–water partition coefficient (Wildman–Crippen LogP) is 3.08. The highest BCUT2D eigenvalue weighted by Gasteiger charge is 2.41. The van der Waals surface area contributed by atoms with Gasteiger partial charge in [-0.1, -0.05) is 11.6 Å². The minimum Gasteiger partial charge on any atom is -0.487 e. The van der Waals surface area contributed by atoms with Gasteiger partial charge in [-0.05, 0) is 23.8 Å². The fourth-order valence-electron chi connectivity index (χ4n) is 1.06. The van der Waals surface area contributed by atoms with E-state index in [9.17, 15) is 17.6 Å². The first kappa shape index (κ1) is 14.1. The number of hydrogen-bond donors (Lipinski definition) is 1. The van der Waals surface area contributed by atoms with Crippen LogP contribution in [0.1, 0.15) is 5.56 Å². The van der Waals surface area contributed by atoms with Crippen LogP contribution in [0.15, 0.2) is 18.2 Å². The molecule has 0 aromatic heterocycles. The van der Waals surface area contributed by atoms with Gasteiger partial charge in [-0.15, -0.1) is 0 Å². The van der Waals surface area contributed by atoms with Crippen molar-refractivity contribution >= 4 is 11.6 Å². The lowest BCUT2D eigenvalue weighted by atomic mass is 10.2. The molecule has 96 valence electrons. The van der Waals surface area contributed by atoms with Crippen LogP contribution in [0.4, 0.5) is 17.6 Å². The largest absolute Gasteiger partial charge is 0.487 e. The maximum Gasteiger partial charge on any atom is 0.340 e. The van der Waals surface area contributed by atoms with Crippen molar-refractivity contribution in [3.05, 3.63) is 28.8 Å². The number of alkyl halides is 4. The van der Waals surface area contributed by atoms with E-state index in [2.05, 4.69) is 4.74 Å². The highest BCUT2D eigenvalue weighted by molar-refractivity contribution is 6.30. The Kier molecular flexibility index (Phi) is 4.59. The molecule has 0 heterocycles. The summed E-state index contributed by atoms with van der Waals surface area (Å²) in [5.41, 5.74) is 5.90. The van der Waals surface area contributed by atoms with E-state index in [4.69, 9.17) is 17.3 Å². The first-order valence-corrected chi connectivity index (χ1v) is 5.01. The van der Waals surface area contributed by atoms with Gasteiger partial charge >= 0.3 is 12.3 Å². The molecule has 1 rings (SSSR count). The lowest BCUT2D eigenvalue weighted by molar-refractivity contribution is -0.148. The molecule has 0 aliphatic carbocycles. The lowest BCUT2D eigenvalue weighted by Crippen LogP contribution is -2.33. The second-order valence-electron chi connectivity index (χ2n) is 3.35. The number of benzene rings is 1. The van der Waals surface area contributed by atoms with Crippen LogP contribution < -0.4 is 10.5 Å². The average molecular weight is 272 g/mol. The molecule has 2 nitrogen and oxygen atoms in total. The Bertz CT molecular complexity index is 387. The van der Waals surface area contributed by atoms with Crippen molar-refractivity contribution in [2.24, 2.45) is 5.73 Å². The molecule has 0 bridgehead atoms. The van der Waals surface area contributed by atoms with Gasteiger partial charge in [0.15, 0.2) is 6.61 Å². The minimum absolute atomic E-state index is 0.0155. The van der Waals surface area contributed by atoms with Crippen molar-refractivity contribution in [1.82, 2.24) is 0 Å². The molecule has 0 saturated heterocycles. The molecule has 0 saturated carbocycles. The fraction of sp³-hybridized carbons (Fsp3) is 0.400. The third-order valence-electron chi connectivity index (χ3n) is 1.92. The first-order chi connectivity index (χ1) is 7.85. The highest BCUT2D eigenvalue weighted by atomic mass is 35.5. The Labute approximate surface area is 100 Å². The summed E-state index contributed by atoms with van der Waals surface area (Å²) in [6.45, 7) is -1.27. The lowest BCUT2D eigenvalue weighted by Gasteiger charge is -2.16. The van der Waals surface area contributed by atoms with Crippen LogP contribution in [0.25, 0.3) is 0 Å². The molecule has 0 amide bonds. The third kappa shape index (κ3) is 4.05. The van der Waals surface area contributed by atoms with Gasteiger partial charge in [0.1, 0.15) is 5.75 Å². The molecule has 0 radical (unpaired) electrons. The predicted molar refractivity (Wildman–Crippen MR) is 55.8 cm³/mol. The zero-order valence-electron chi connectivity index (χ0n) is 8.60. The number of ether oxygens (including phenoxy) is 1. The molecule has 0 fully saturated rings. The van der Waals surface area contributed by atoms with Crippen molar-refractivity contribution in [2.45, 2.75) is 18.9 Å². The minimum atomic E-state index is -4.19. The Morgan fingerprint density at radius 1 is 1.29 bits per heavy atom. The molecule has 7 heteroatoms. The molecule has 0 aliphatic heterocycles. The zero-order valence-corrected chi connectivity index (χ0v) is 9.35. The maximum absolute atomic E-state index is 12.6. The molecule has 0 aliphatic rings. The molecule has 1 aromatic rings. The van der Waals surface area contributed by atoms with E-state index in [0.717, 1.165) is 0 Å². The Morgan fingerprint density at radius 2 is 1.94 bits per heavy atom. The van der Waals surface area contributed by atoms with Crippen molar-refractivity contribution in [3.8, 4) is 5.75 Å². The molecule has 2 N–H and O–H groups in total. The van der Waals surface area contributed by atoms with Gasteiger partial charge in [0, 0.05) is 11.6 Å². The van der Waals surface area contributed by atoms with Gasteiger partial charge in [-0.2, -0.15) is 8.78 Å². The van der Waals surface area contributed by atoms with E-state index in [1.807, 2.05) is 0 Å². The van der Waals surface area contributed by atoms with Gasteiger partial charge in [0.2, 0.25) is 0 Å². The Hall–Kier alpha value is -1.01. The molecule has 0 unspecified atom stereocenters. The van der Waals surface area contributed by atoms with Crippen molar-refractivity contribution in [2.75, 3.05) is 6.61 Å². The van der Waals surface area contributed by atoms with Crippen LogP contribution in [0.2, 0.25) is 5.02 Å². The fourth-order valence-corrected chi connectivity index (χ4v) is 1.31. The standard InChI is InChI=1S/C10H10ClF4NO/c11-7-1-6(4-16)2-8(3-7)17-5-10(14,15)9(12)13/h1-3,9H,4-5,16H2. The third-order valence-corrected chi connectivity index (χ3v) is 2.14. The van der Waals surface area contributed by atoms with Crippen molar-refractivity contribution in [3.63, 3.8) is 0 Å². The summed E-state index contributed by atoms with van der Waals surface area (Å²) >= 11 is 5.67. The number of halogens is 5. The monoisotopic (exact) mass is 271 g/mol. The molecule has 17 heavy (non-hydrogen) atoms. The van der Waals surface area contributed by atoms with E-state index < -0.39 is 19.0 Å². The van der Waals surface area contributed by atoms with Crippen LogP contribution >= 0.6 is 11.6 Å². The molecular weight excluding hydrogens is 262 g/mol. The summed E-state index contributed by atoms with van der Waals surface area (Å²) in [5.74, 6) is -4.20. The Morgan fingerprint density at radius 3 is 2.47 bits per heavy atom. The summed E-state index contributed by atoms with van der Waals surface area (Å²) in [4.78, 5) is 0. The van der Waals surface area contributed by atoms with E-state index >= 15 is 0 Å². The van der Waals surface area contributed by atoms with Crippen LogP contribution in [-0.2, 0) is 6.54 Å². The molecule has 0 spiro atoms. The number of nitrogens with two attached hydrogens (primary N) is 1. The maximum atomic E-state index is 12.6. The second-order valence-corrected chi connectivity index (χ2v) is 3.79. The van der Waals surface area contributed by atoms with E-state index in [1.54, 1.807) is 0 Å². The second kappa shape index (κ2) is 5.55. The molecule has 1 aromatic carbocycles. The normalized spacial score (nSPS) is 11.9. The molecular formula is C10H10ClF4NO. The highest BCUT2D eigenvalue weighted by Crippen LogP contribution is 2.26. The summed E-state index contributed by atoms with van der Waals surface area (Å²) < 4.78 is 53.5. The topological polar surface area (TPSA) is 35.2 Å². The first-order valence-electron chi connectivity index (χ1n) is 4.63. The summed E-state index contributed by atoms with van der Waals surface area (Å²) in [6.07, 6.45) is -3.77. The number of rotatable bonds is 5. The van der Waals surface area contributed by atoms with Gasteiger partial charge in [0.25, 0.3) is 0 Å². The van der Waals surface area contributed by atoms with Crippen molar-refractivity contribution < 1.29 is 22.3 Å². The van der Waals surface area contributed by atoms with Gasteiger partial charge in [0.05, 0.1) is 0 Å². The SMILES string of the molecule is NCc1cc(Cl)cc(OCC(F)(F)C(F)F)c1. The van der Waals surface area contributed by atoms with Gasteiger partial charge < -0.3 is 10.5 Å². The summed E-state index contributed by atoms with van der Waals surface area (Å²) in [5, 5.41) is 0.239. The Balaban J connectivity index is 2.72. The van der Waals surface area contributed by atoms with E-state index in [1.165, 1.54) is 18.2 Å². The number of hydrogen-bond acceptors (Lipinski definition) is 2. The molecule has 0 atom stereocenters. The summed E-state index contributed by atoms with van der Waals surface area (Å²) in [6, 6.07) is 4.15. The van der Waals surface area contributed by atoms with Crippen LogP contribution in [0, 0.1) is 0 Å². The zero-order chi connectivity index (χ0) is 13.1. The van der Waals surface area contributed by atoms with E-state index in [-0.39, 0.29) is 17.3 Å². The van der Waals surface area contributed by atoms with E-state index in [0.29, 0.717) is 5.56 Å². The summed E-state index contributed by atoms with van der Waals surface area (Å²) in [7, 11) is 0. The van der Waals surface area contributed by atoms with Crippen LogP contribution in [0.5, 0.6) is 5.75 Å². The van der Waals surface area contributed by atoms with Crippen LogP contribution in [-0.4, -0.2) is 19.0 Å². The smallest absolute Gasteiger partial charge is 0.340 e. The quantitative estimate of drug-likeness (QED) is 0.836. The van der Waals surface area contributed by atoms with Gasteiger partial charge in [-0.3, -0.25) is 0 Å². The average Bonchev–Trinajstić information content (AvgIpc) is 2.25. The van der Waals surface area contributed by atoms with Crippen molar-refractivity contribution in [1.29, 1.82) is 0 Å². The van der Waals surface area contributed by atoms with Gasteiger partial charge in [-0.25, -0.2) is 8.78 Å².